The van der Waals surface area contributed by atoms with Crippen molar-refractivity contribution >= 4 is 11.7 Å². The minimum atomic E-state index is -0.350. The number of rotatable bonds is 7. The molecule has 1 heterocycles. The van der Waals surface area contributed by atoms with Gasteiger partial charge in [-0.15, -0.1) is 0 Å². The summed E-state index contributed by atoms with van der Waals surface area (Å²) in [7, 11) is 0. The van der Waals surface area contributed by atoms with Gasteiger partial charge in [-0.3, -0.25) is 4.68 Å². The molecule has 0 bridgehead atoms. The number of carbonyl (C=O) groups is 1. The second-order valence-electron chi connectivity index (χ2n) is 5.93. The van der Waals surface area contributed by atoms with Gasteiger partial charge in [0.05, 0.1) is 12.6 Å². The van der Waals surface area contributed by atoms with Crippen LogP contribution in [-0.2, 0) is 6.54 Å². The van der Waals surface area contributed by atoms with Crippen molar-refractivity contribution in [2.75, 3.05) is 11.9 Å². The maximum absolute atomic E-state index is 11.8. The van der Waals surface area contributed by atoms with E-state index >= 15 is 0 Å². The number of anilines is 1. The molecule has 0 spiro atoms. The van der Waals surface area contributed by atoms with Crippen molar-refractivity contribution < 1.29 is 9.90 Å². The van der Waals surface area contributed by atoms with E-state index in [9.17, 15) is 9.90 Å². The fourth-order valence-corrected chi connectivity index (χ4v) is 2.38. The van der Waals surface area contributed by atoms with Crippen LogP contribution in [0.25, 0.3) is 0 Å². The molecule has 2 atom stereocenters. The molecule has 0 saturated carbocycles. The van der Waals surface area contributed by atoms with Crippen molar-refractivity contribution in [1.82, 2.24) is 15.1 Å². The number of benzene rings is 1. The zero-order valence-corrected chi connectivity index (χ0v) is 13.6. The number of aliphatic hydroxyl groups is 1. The predicted molar refractivity (Wildman–Crippen MR) is 90.3 cm³/mol. The first-order valence-corrected chi connectivity index (χ1v) is 7.82. The monoisotopic (exact) mass is 316 g/mol. The third-order valence-corrected chi connectivity index (χ3v) is 3.47. The minimum Gasteiger partial charge on any atom is -0.393 e. The Morgan fingerprint density at radius 3 is 2.65 bits per heavy atom. The lowest BCUT2D eigenvalue weighted by molar-refractivity contribution is 0.163. The highest BCUT2D eigenvalue weighted by molar-refractivity contribution is 5.89. The molecular formula is C17H24N4O2. The van der Waals surface area contributed by atoms with Crippen LogP contribution < -0.4 is 10.6 Å². The van der Waals surface area contributed by atoms with E-state index in [0.717, 1.165) is 11.3 Å². The van der Waals surface area contributed by atoms with Crippen molar-refractivity contribution in [1.29, 1.82) is 0 Å². The molecule has 0 saturated heterocycles. The van der Waals surface area contributed by atoms with Gasteiger partial charge in [0.25, 0.3) is 0 Å². The van der Waals surface area contributed by atoms with E-state index in [0.29, 0.717) is 19.5 Å². The summed E-state index contributed by atoms with van der Waals surface area (Å²) in [6.07, 6.45) is 3.98. The SMILES string of the molecule is CC(O)CC(C)CNC(=O)Nc1ccc(Cn2cccn2)cc1. The molecule has 0 aliphatic heterocycles. The van der Waals surface area contributed by atoms with Crippen LogP contribution in [0, 0.1) is 5.92 Å². The second-order valence-corrected chi connectivity index (χ2v) is 5.93. The molecular weight excluding hydrogens is 292 g/mol. The number of nitrogens with zero attached hydrogens (tertiary/aromatic N) is 2. The fraction of sp³-hybridized carbons (Fsp3) is 0.412. The average molecular weight is 316 g/mol. The highest BCUT2D eigenvalue weighted by Crippen LogP contribution is 2.11. The first-order chi connectivity index (χ1) is 11.0. The number of hydrogen-bond acceptors (Lipinski definition) is 3. The van der Waals surface area contributed by atoms with Crippen LogP contribution in [0.3, 0.4) is 0 Å². The lowest BCUT2D eigenvalue weighted by atomic mass is 10.1. The Morgan fingerprint density at radius 2 is 2.04 bits per heavy atom. The zero-order chi connectivity index (χ0) is 16.7. The largest absolute Gasteiger partial charge is 0.393 e. The van der Waals surface area contributed by atoms with Gasteiger partial charge in [-0.1, -0.05) is 19.1 Å². The van der Waals surface area contributed by atoms with Gasteiger partial charge in [0.2, 0.25) is 0 Å². The van der Waals surface area contributed by atoms with Gasteiger partial charge in [-0.05, 0) is 43.0 Å². The molecule has 0 fully saturated rings. The quantitative estimate of drug-likeness (QED) is 0.734. The van der Waals surface area contributed by atoms with E-state index in [1.165, 1.54) is 0 Å². The number of hydrogen-bond donors (Lipinski definition) is 3. The zero-order valence-electron chi connectivity index (χ0n) is 13.6. The molecule has 2 rings (SSSR count). The van der Waals surface area contributed by atoms with Crippen molar-refractivity contribution in [3.63, 3.8) is 0 Å². The van der Waals surface area contributed by atoms with Gasteiger partial charge in [0.1, 0.15) is 0 Å². The van der Waals surface area contributed by atoms with Gasteiger partial charge in [-0.25, -0.2) is 4.79 Å². The summed E-state index contributed by atoms with van der Waals surface area (Å²) in [6.45, 7) is 4.99. The number of carbonyl (C=O) groups excluding carboxylic acids is 1. The molecule has 124 valence electrons. The lowest BCUT2D eigenvalue weighted by Crippen LogP contribution is -2.33. The summed E-state index contributed by atoms with van der Waals surface area (Å²) in [6, 6.07) is 9.33. The fourth-order valence-electron chi connectivity index (χ4n) is 2.38. The first-order valence-electron chi connectivity index (χ1n) is 7.82. The van der Waals surface area contributed by atoms with Gasteiger partial charge >= 0.3 is 6.03 Å². The Bertz CT molecular complexity index is 594. The van der Waals surface area contributed by atoms with E-state index in [-0.39, 0.29) is 18.1 Å². The van der Waals surface area contributed by atoms with Gasteiger partial charge in [0, 0.05) is 24.6 Å². The molecule has 6 nitrogen and oxygen atoms in total. The Kier molecular flexibility index (Phi) is 6.17. The van der Waals surface area contributed by atoms with E-state index in [1.54, 1.807) is 13.1 Å². The molecule has 0 radical (unpaired) electrons. The van der Waals surface area contributed by atoms with E-state index in [2.05, 4.69) is 15.7 Å². The van der Waals surface area contributed by atoms with Crippen molar-refractivity contribution in [2.45, 2.75) is 32.9 Å². The summed E-state index contributed by atoms with van der Waals surface area (Å²) in [5.74, 6) is 0.234. The topological polar surface area (TPSA) is 79.2 Å². The lowest BCUT2D eigenvalue weighted by Gasteiger charge is -2.14. The third kappa shape index (κ3) is 6.12. The molecule has 2 amide bonds. The Morgan fingerprint density at radius 1 is 1.30 bits per heavy atom. The van der Waals surface area contributed by atoms with Crippen molar-refractivity contribution in [3.05, 3.63) is 48.3 Å². The van der Waals surface area contributed by atoms with Crippen LogP contribution in [0.1, 0.15) is 25.8 Å². The molecule has 2 aromatic rings. The summed E-state index contributed by atoms with van der Waals surface area (Å²) < 4.78 is 1.85. The highest BCUT2D eigenvalue weighted by atomic mass is 16.3. The molecule has 0 aliphatic carbocycles. The summed E-state index contributed by atoms with van der Waals surface area (Å²) in [5.41, 5.74) is 1.86. The summed E-state index contributed by atoms with van der Waals surface area (Å²) in [4.78, 5) is 11.8. The maximum atomic E-state index is 11.8. The van der Waals surface area contributed by atoms with Crippen LogP contribution in [0.2, 0.25) is 0 Å². The summed E-state index contributed by atoms with van der Waals surface area (Å²) >= 11 is 0. The number of aromatic nitrogens is 2. The Labute approximate surface area is 136 Å². The Hall–Kier alpha value is -2.34. The van der Waals surface area contributed by atoms with Crippen LogP contribution in [0.15, 0.2) is 42.7 Å². The minimum absolute atomic E-state index is 0.234. The van der Waals surface area contributed by atoms with E-state index in [4.69, 9.17) is 0 Å². The molecule has 2 unspecified atom stereocenters. The standard InChI is InChI=1S/C17H24N4O2/c1-13(10-14(2)22)11-18-17(23)20-16-6-4-15(5-7-16)12-21-9-3-8-19-21/h3-9,13-14,22H,10-12H2,1-2H3,(H2,18,20,23). The molecule has 23 heavy (non-hydrogen) atoms. The predicted octanol–water partition coefficient (Wildman–Crippen LogP) is 2.46. The maximum Gasteiger partial charge on any atom is 0.319 e. The van der Waals surface area contributed by atoms with Crippen LogP contribution in [-0.4, -0.2) is 33.6 Å². The summed E-state index contributed by atoms with van der Waals surface area (Å²) in [5, 5.41) is 19.1. The highest BCUT2D eigenvalue weighted by Gasteiger charge is 2.08. The molecule has 6 heteroatoms. The van der Waals surface area contributed by atoms with Crippen molar-refractivity contribution in [3.8, 4) is 0 Å². The second kappa shape index (κ2) is 8.33. The van der Waals surface area contributed by atoms with Gasteiger partial charge < -0.3 is 15.7 Å². The van der Waals surface area contributed by atoms with E-state index in [1.807, 2.05) is 48.1 Å². The molecule has 3 N–H and O–H groups in total. The van der Waals surface area contributed by atoms with Crippen LogP contribution >= 0.6 is 0 Å². The van der Waals surface area contributed by atoms with Gasteiger partial charge in [-0.2, -0.15) is 5.10 Å². The number of urea groups is 1. The van der Waals surface area contributed by atoms with Crippen LogP contribution in [0.5, 0.6) is 0 Å². The Balaban J connectivity index is 1.77. The number of amides is 2. The third-order valence-electron chi connectivity index (χ3n) is 3.47. The average Bonchev–Trinajstić information content (AvgIpc) is 2.99. The molecule has 0 aliphatic rings. The molecule has 1 aromatic carbocycles. The number of nitrogens with one attached hydrogen (secondary N) is 2. The smallest absolute Gasteiger partial charge is 0.319 e. The van der Waals surface area contributed by atoms with Gasteiger partial charge in [0.15, 0.2) is 0 Å². The van der Waals surface area contributed by atoms with E-state index < -0.39 is 0 Å². The van der Waals surface area contributed by atoms with Crippen LogP contribution in [0.4, 0.5) is 10.5 Å². The molecule has 1 aromatic heterocycles. The van der Waals surface area contributed by atoms with Crippen molar-refractivity contribution in [2.24, 2.45) is 5.92 Å². The number of aliphatic hydroxyl groups excluding tert-OH is 1. The normalized spacial score (nSPS) is 13.3. The first kappa shape index (κ1) is 17.0.